The van der Waals surface area contributed by atoms with Crippen LogP contribution in [0.4, 0.5) is 5.69 Å². The Morgan fingerprint density at radius 2 is 1.85 bits per heavy atom. The lowest BCUT2D eigenvalue weighted by Crippen LogP contribution is -2.51. The number of piperidine rings is 1. The Labute approximate surface area is 160 Å². The van der Waals surface area contributed by atoms with Gasteiger partial charge in [-0.05, 0) is 52.3 Å². The lowest BCUT2D eigenvalue weighted by atomic mass is 9.93. The molecule has 0 unspecified atom stereocenters. The second-order valence-corrected chi connectivity index (χ2v) is 7.84. The molecule has 0 radical (unpaired) electrons. The Morgan fingerprint density at radius 3 is 2.44 bits per heavy atom. The third-order valence-corrected chi connectivity index (χ3v) is 5.72. The lowest BCUT2D eigenvalue weighted by Gasteiger charge is -2.40. The summed E-state index contributed by atoms with van der Waals surface area (Å²) in [5.41, 5.74) is 1.07. The zero-order valence-electron chi connectivity index (χ0n) is 16.3. The third-order valence-electron chi connectivity index (χ3n) is 5.72. The molecule has 0 spiro atoms. The van der Waals surface area contributed by atoms with Gasteiger partial charge in [0.1, 0.15) is 0 Å². The van der Waals surface area contributed by atoms with Gasteiger partial charge < -0.3 is 9.64 Å². The SMILES string of the molecule is C[C@@H]1CN(C(=O)C2CCN([C@@H](C)c3cccc([N+](=O)[O-])c3)CC2)C[C@@H](C)O1. The van der Waals surface area contributed by atoms with Crippen molar-refractivity contribution in [2.24, 2.45) is 5.92 Å². The number of hydrogen-bond acceptors (Lipinski definition) is 5. The van der Waals surface area contributed by atoms with Crippen molar-refractivity contribution >= 4 is 11.6 Å². The van der Waals surface area contributed by atoms with E-state index in [1.807, 2.05) is 24.8 Å². The number of nitro benzene ring substituents is 1. The Balaban J connectivity index is 1.57. The summed E-state index contributed by atoms with van der Waals surface area (Å²) >= 11 is 0. The van der Waals surface area contributed by atoms with Gasteiger partial charge >= 0.3 is 0 Å². The van der Waals surface area contributed by atoms with Crippen molar-refractivity contribution in [3.8, 4) is 0 Å². The van der Waals surface area contributed by atoms with Crippen molar-refractivity contribution in [3.05, 3.63) is 39.9 Å². The van der Waals surface area contributed by atoms with Crippen LogP contribution in [0.2, 0.25) is 0 Å². The molecule has 2 aliphatic rings. The first kappa shape index (κ1) is 19.8. The number of ether oxygens (including phenoxy) is 1. The molecular formula is C20H29N3O4. The molecule has 0 bridgehead atoms. The Hall–Kier alpha value is -1.99. The number of amides is 1. The van der Waals surface area contributed by atoms with Gasteiger partial charge in [-0.2, -0.15) is 0 Å². The molecule has 3 atom stereocenters. The maximum atomic E-state index is 12.9. The summed E-state index contributed by atoms with van der Waals surface area (Å²) in [5, 5.41) is 11.0. The van der Waals surface area contributed by atoms with Gasteiger partial charge in [0.2, 0.25) is 5.91 Å². The normalized spacial score (nSPS) is 26.0. The van der Waals surface area contributed by atoms with Crippen molar-refractivity contribution in [1.82, 2.24) is 9.80 Å². The molecule has 2 fully saturated rings. The highest BCUT2D eigenvalue weighted by Gasteiger charge is 2.33. The summed E-state index contributed by atoms with van der Waals surface area (Å²) in [4.78, 5) is 27.8. The van der Waals surface area contributed by atoms with Crippen LogP contribution in [0.25, 0.3) is 0 Å². The number of benzene rings is 1. The molecule has 148 valence electrons. The predicted molar refractivity (Wildman–Crippen MR) is 102 cm³/mol. The molecule has 1 aromatic carbocycles. The number of nitrogens with zero attached hydrogens (tertiary/aromatic N) is 3. The van der Waals surface area contributed by atoms with Gasteiger partial charge in [-0.15, -0.1) is 0 Å². The van der Waals surface area contributed by atoms with Crippen LogP contribution >= 0.6 is 0 Å². The number of nitro groups is 1. The number of carbonyl (C=O) groups excluding carboxylic acids is 1. The van der Waals surface area contributed by atoms with Gasteiger partial charge in [-0.25, -0.2) is 0 Å². The summed E-state index contributed by atoms with van der Waals surface area (Å²) in [5.74, 6) is 0.315. The largest absolute Gasteiger partial charge is 0.372 e. The first-order chi connectivity index (χ1) is 12.8. The number of non-ortho nitro benzene ring substituents is 1. The van der Waals surface area contributed by atoms with Crippen molar-refractivity contribution < 1.29 is 14.5 Å². The second-order valence-electron chi connectivity index (χ2n) is 7.84. The highest BCUT2D eigenvalue weighted by molar-refractivity contribution is 5.79. The van der Waals surface area contributed by atoms with Crippen LogP contribution in [-0.4, -0.2) is 59.0 Å². The van der Waals surface area contributed by atoms with E-state index in [0.29, 0.717) is 13.1 Å². The van der Waals surface area contributed by atoms with Gasteiger partial charge in [0, 0.05) is 37.2 Å². The fraction of sp³-hybridized carbons (Fsp3) is 0.650. The quantitative estimate of drug-likeness (QED) is 0.597. The number of carbonyl (C=O) groups is 1. The molecule has 2 heterocycles. The first-order valence-corrected chi connectivity index (χ1v) is 9.77. The van der Waals surface area contributed by atoms with E-state index in [2.05, 4.69) is 11.8 Å². The van der Waals surface area contributed by atoms with Crippen LogP contribution in [0.5, 0.6) is 0 Å². The third kappa shape index (κ3) is 4.65. The average Bonchev–Trinajstić information content (AvgIpc) is 2.66. The van der Waals surface area contributed by atoms with E-state index in [1.54, 1.807) is 12.1 Å². The predicted octanol–water partition coefficient (Wildman–Crippen LogP) is 3.00. The number of rotatable bonds is 4. The van der Waals surface area contributed by atoms with Gasteiger partial charge in [-0.3, -0.25) is 19.8 Å². The molecule has 0 saturated carbocycles. The molecule has 2 saturated heterocycles. The molecule has 1 amide bonds. The first-order valence-electron chi connectivity index (χ1n) is 9.77. The maximum Gasteiger partial charge on any atom is 0.269 e. The lowest BCUT2D eigenvalue weighted by molar-refractivity contribution is -0.385. The number of morpholine rings is 1. The molecule has 1 aromatic rings. The molecule has 0 aromatic heterocycles. The standard InChI is InChI=1S/C20H29N3O4/c1-14-12-22(13-15(2)27-14)20(24)17-7-9-21(10-8-17)16(3)18-5-4-6-19(11-18)23(25)26/h4-6,11,14-17H,7-10,12-13H2,1-3H3/t14-,15-,16+/m1/s1. The highest BCUT2D eigenvalue weighted by Crippen LogP contribution is 2.29. The Kier molecular flexibility index (Phi) is 6.11. The van der Waals surface area contributed by atoms with E-state index in [0.717, 1.165) is 31.5 Å². The monoisotopic (exact) mass is 375 g/mol. The van der Waals surface area contributed by atoms with Crippen molar-refractivity contribution in [2.45, 2.75) is 51.9 Å². The molecule has 2 aliphatic heterocycles. The van der Waals surface area contributed by atoms with Crippen molar-refractivity contribution in [3.63, 3.8) is 0 Å². The van der Waals surface area contributed by atoms with E-state index >= 15 is 0 Å². The summed E-state index contributed by atoms with van der Waals surface area (Å²) in [7, 11) is 0. The smallest absolute Gasteiger partial charge is 0.269 e. The summed E-state index contributed by atoms with van der Waals surface area (Å²) in [6.07, 6.45) is 1.84. The molecule has 7 nitrogen and oxygen atoms in total. The minimum absolute atomic E-state index is 0.0658. The van der Waals surface area contributed by atoms with Crippen LogP contribution in [0, 0.1) is 16.0 Å². The van der Waals surface area contributed by atoms with E-state index in [9.17, 15) is 14.9 Å². The molecule has 0 aliphatic carbocycles. The molecule has 27 heavy (non-hydrogen) atoms. The summed E-state index contributed by atoms with van der Waals surface area (Å²) in [6, 6.07) is 6.94. The Morgan fingerprint density at radius 1 is 1.22 bits per heavy atom. The zero-order valence-corrected chi connectivity index (χ0v) is 16.3. The summed E-state index contributed by atoms with van der Waals surface area (Å²) < 4.78 is 5.73. The van der Waals surface area contributed by atoms with Crippen LogP contribution in [-0.2, 0) is 9.53 Å². The fourth-order valence-electron chi connectivity index (χ4n) is 4.26. The molecular weight excluding hydrogens is 346 g/mol. The fourth-order valence-corrected chi connectivity index (χ4v) is 4.26. The van der Waals surface area contributed by atoms with Crippen LogP contribution in [0.3, 0.4) is 0 Å². The van der Waals surface area contributed by atoms with Gasteiger partial charge in [0.05, 0.1) is 17.1 Å². The van der Waals surface area contributed by atoms with E-state index in [4.69, 9.17) is 4.74 Å². The molecule has 7 heteroatoms. The molecule has 0 N–H and O–H groups in total. The van der Waals surface area contributed by atoms with Crippen molar-refractivity contribution in [1.29, 1.82) is 0 Å². The van der Waals surface area contributed by atoms with Crippen LogP contribution in [0.1, 0.15) is 45.2 Å². The molecule has 3 rings (SSSR count). The van der Waals surface area contributed by atoms with E-state index in [1.165, 1.54) is 6.07 Å². The summed E-state index contributed by atoms with van der Waals surface area (Å²) in [6.45, 7) is 9.11. The van der Waals surface area contributed by atoms with Crippen LogP contribution in [0.15, 0.2) is 24.3 Å². The average molecular weight is 375 g/mol. The minimum atomic E-state index is -0.356. The van der Waals surface area contributed by atoms with Gasteiger partial charge in [0.15, 0.2) is 0 Å². The minimum Gasteiger partial charge on any atom is -0.372 e. The highest BCUT2D eigenvalue weighted by atomic mass is 16.6. The maximum absolute atomic E-state index is 12.9. The number of hydrogen-bond donors (Lipinski definition) is 0. The number of likely N-dealkylation sites (tertiary alicyclic amines) is 1. The van der Waals surface area contributed by atoms with Gasteiger partial charge in [-0.1, -0.05) is 12.1 Å². The zero-order chi connectivity index (χ0) is 19.6. The van der Waals surface area contributed by atoms with Crippen LogP contribution < -0.4 is 0 Å². The second kappa shape index (κ2) is 8.35. The van der Waals surface area contributed by atoms with Crippen molar-refractivity contribution in [2.75, 3.05) is 26.2 Å². The van der Waals surface area contributed by atoms with Gasteiger partial charge in [0.25, 0.3) is 5.69 Å². The topological polar surface area (TPSA) is 75.9 Å². The Bertz CT molecular complexity index is 678. The van der Waals surface area contributed by atoms with E-state index in [-0.39, 0.29) is 40.7 Å². The van der Waals surface area contributed by atoms with E-state index < -0.39 is 0 Å².